The minimum Gasteiger partial charge on any atom is -0.278 e. The number of nitrogens with one attached hydrogen (secondary N) is 1. The van der Waals surface area contributed by atoms with Crippen molar-refractivity contribution in [1.82, 2.24) is 15.1 Å². The lowest BCUT2D eigenvalue weighted by atomic mass is 9.72. The van der Waals surface area contributed by atoms with E-state index < -0.39 is 0 Å². The summed E-state index contributed by atoms with van der Waals surface area (Å²) in [6.45, 7) is 0. The number of benzene rings is 5. The lowest BCUT2D eigenvalue weighted by Gasteiger charge is -2.51. The van der Waals surface area contributed by atoms with Gasteiger partial charge in [-0.3, -0.25) is 15.1 Å². The third-order valence-corrected chi connectivity index (χ3v) is 11.1. The Labute approximate surface area is 297 Å². The van der Waals surface area contributed by atoms with Crippen LogP contribution in [0.25, 0.3) is 11.1 Å². The van der Waals surface area contributed by atoms with Crippen LogP contribution in [0.1, 0.15) is 88.8 Å². The van der Waals surface area contributed by atoms with Crippen LogP contribution in [-0.2, 0) is 0 Å². The standard InChI is InChI=1S/C46H44N4/c1-49-44(37-11-5-3-6-12-37)48-45(50(2)46(49)39-13-7-4-8-14-39)38-27-25-36(26-28-38)41-30-29-40(42-15-9-10-16-43(41)42)35-23-21-34(22-24-35)33-19-17-32(31-47)18-20-33/h4-5,7-28,40-41,44-46,48H,3,6,29-30H2,1-2H3. The van der Waals surface area contributed by atoms with Gasteiger partial charge in [-0.1, -0.05) is 133 Å². The Hall–Kier alpha value is -5.05. The van der Waals surface area contributed by atoms with Gasteiger partial charge in [-0.05, 0) is 102 Å². The molecule has 1 aliphatic heterocycles. The molecule has 5 atom stereocenters. The quantitative estimate of drug-likeness (QED) is 0.198. The largest absolute Gasteiger partial charge is 0.278 e. The first-order chi connectivity index (χ1) is 24.6. The Morgan fingerprint density at radius 1 is 0.580 bits per heavy atom. The summed E-state index contributed by atoms with van der Waals surface area (Å²) in [7, 11) is 4.49. The van der Waals surface area contributed by atoms with Crippen molar-refractivity contribution in [3.63, 3.8) is 0 Å². The zero-order valence-corrected chi connectivity index (χ0v) is 28.9. The van der Waals surface area contributed by atoms with E-state index in [1.165, 1.54) is 44.5 Å². The highest BCUT2D eigenvalue weighted by molar-refractivity contribution is 5.65. The van der Waals surface area contributed by atoms with E-state index in [9.17, 15) is 5.26 Å². The zero-order valence-electron chi connectivity index (χ0n) is 28.9. The molecule has 3 aliphatic rings. The number of hydrogen-bond acceptors (Lipinski definition) is 4. The fourth-order valence-corrected chi connectivity index (χ4v) is 8.59. The summed E-state index contributed by atoms with van der Waals surface area (Å²) in [6, 6.07) is 48.6. The Morgan fingerprint density at radius 3 is 1.70 bits per heavy atom. The van der Waals surface area contributed by atoms with Crippen molar-refractivity contribution in [3.8, 4) is 17.2 Å². The third-order valence-electron chi connectivity index (χ3n) is 11.1. The predicted molar refractivity (Wildman–Crippen MR) is 203 cm³/mol. The van der Waals surface area contributed by atoms with Crippen molar-refractivity contribution in [1.29, 1.82) is 5.26 Å². The summed E-state index contributed by atoms with van der Waals surface area (Å²) < 4.78 is 0. The van der Waals surface area contributed by atoms with Gasteiger partial charge in [-0.15, -0.1) is 0 Å². The van der Waals surface area contributed by atoms with Crippen LogP contribution < -0.4 is 5.32 Å². The number of likely N-dealkylation sites (N-methyl/N-ethyl adjacent to an activating group) is 1. The number of fused-ring (bicyclic) bond motifs is 1. The van der Waals surface area contributed by atoms with E-state index in [-0.39, 0.29) is 18.5 Å². The second-order valence-corrected chi connectivity index (χ2v) is 14.1. The molecule has 8 rings (SSSR count). The monoisotopic (exact) mass is 652 g/mol. The summed E-state index contributed by atoms with van der Waals surface area (Å²) in [6.07, 6.45) is 11.8. The van der Waals surface area contributed by atoms with E-state index in [1.807, 2.05) is 24.3 Å². The SMILES string of the molecule is CN1C(C2=CCCC=C2)NC(c2ccc(C3CCC(c4ccc(-c5ccc(C#N)cc5)cc4)c4ccccc43)cc2)N(C)C1c1ccccc1. The van der Waals surface area contributed by atoms with Crippen LogP contribution in [-0.4, -0.2) is 30.1 Å². The van der Waals surface area contributed by atoms with Gasteiger partial charge in [0.2, 0.25) is 0 Å². The fraction of sp³-hybridized carbons (Fsp3) is 0.239. The van der Waals surface area contributed by atoms with Crippen molar-refractivity contribution in [2.45, 2.75) is 56.0 Å². The molecule has 0 spiro atoms. The van der Waals surface area contributed by atoms with E-state index in [0.29, 0.717) is 17.4 Å². The van der Waals surface area contributed by atoms with Gasteiger partial charge in [0.15, 0.2) is 0 Å². The van der Waals surface area contributed by atoms with Gasteiger partial charge in [0, 0.05) is 11.8 Å². The maximum Gasteiger partial charge on any atom is 0.0991 e. The fourth-order valence-electron chi connectivity index (χ4n) is 8.59. The molecule has 2 aliphatic carbocycles. The van der Waals surface area contributed by atoms with E-state index in [2.05, 4.69) is 157 Å². The molecule has 248 valence electrons. The number of nitrogens with zero attached hydrogens (tertiary/aromatic N) is 3. The lowest BCUT2D eigenvalue weighted by Crippen LogP contribution is -2.60. The Morgan fingerprint density at radius 2 is 1.12 bits per heavy atom. The molecule has 1 saturated heterocycles. The molecule has 4 nitrogen and oxygen atoms in total. The second kappa shape index (κ2) is 14.1. The average Bonchev–Trinajstić information content (AvgIpc) is 3.19. The number of rotatable bonds is 6. The van der Waals surface area contributed by atoms with Gasteiger partial charge >= 0.3 is 0 Å². The van der Waals surface area contributed by atoms with Crippen molar-refractivity contribution in [3.05, 3.63) is 190 Å². The van der Waals surface area contributed by atoms with E-state index in [1.54, 1.807) is 0 Å². The Balaban J connectivity index is 1.05. The van der Waals surface area contributed by atoms with Crippen LogP contribution in [0, 0.1) is 11.3 Å². The molecular formula is C46H44N4. The Kier molecular flexibility index (Phi) is 9.04. The highest BCUT2D eigenvalue weighted by Gasteiger charge is 2.39. The summed E-state index contributed by atoms with van der Waals surface area (Å²) in [5.74, 6) is 0.753. The van der Waals surface area contributed by atoms with Crippen LogP contribution in [0.4, 0.5) is 0 Å². The van der Waals surface area contributed by atoms with Gasteiger partial charge in [0.05, 0.1) is 30.1 Å². The predicted octanol–water partition coefficient (Wildman–Crippen LogP) is 10.0. The van der Waals surface area contributed by atoms with E-state index >= 15 is 0 Å². The van der Waals surface area contributed by atoms with Gasteiger partial charge in [-0.2, -0.15) is 5.26 Å². The highest BCUT2D eigenvalue weighted by Crippen LogP contribution is 2.46. The molecule has 0 bridgehead atoms. The molecule has 50 heavy (non-hydrogen) atoms. The van der Waals surface area contributed by atoms with Crippen molar-refractivity contribution in [2.24, 2.45) is 0 Å². The highest BCUT2D eigenvalue weighted by atomic mass is 15.5. The van der Waals surface area contributed by atoms with Gasteiger partial charge in [0.1, 0.15) is 0 Å². The normalized spacial score (nSPS) is 23.9. The minimum atomic E-state index is 0.0713. The van der Waals surface area contributed by atoms with Crippen LogP contribution in [0.5, 0.6) is 0 Å². The Bertz CT molecular complexity index is 2040. The van der Waals surface area contributed by atoms with Crippen molar-refractivity contribution < 1.29 is 0 Å². The van der Waals surface area contributed by atoms with Crippen molar-refractivity contribution >= 4 is 0 Å². The van der Waals surface area contributed by atoms with E-state index in [4.69, 9.17) is 0 Å². The number of allylic oxidation sites excluding steroid dienone is 2. The molecule has 1 N–H and O–H groups in total. The van der Waals surface area contributed by atoms with Crippen LogP contribution >= 0.6 is 0 Å². The summed E-state index contributed by atoms with van der Waals surface area (Å²) >= 11 is 0. The minimum absolute atomic E-state index is 0.0713. The van der Waals surface area contributed by atoms with Crippen LogP contribution in [0.2, 0.25) is 0 Å². The smallest absolute Gasteiger partial charge is 0.0991 e. The molecule has 5 unspecified atom stereocenters. The average molecular weight is 653 g/mol. The van der Waals surface area contributed by atoms with Crippen molar-refractivity contribution in [2.75, 3.05) is 14.1 Å². The lowest BCUT2D eigenvalue weighted by molar-refractivity contribution is -0.0515. The summed E-state index contributed by atoms with van der Waals surface area (Å²) in [4.78, 5) is 4.94. The third kappa shape index (κ3) is 6.14. The summed E-state index contributed by atoms with van der Waals surface area (Å²) in [5.41, 5.74) is 12.6. The molecule has 1 fully saturated rings. The van der Waals surface area contributed by atoms with E-state index in [0.717, 1.165) is 31.2 Å². The maximum atomic E-state index is 9.17. The van der Waals surface area contributed by atoms with Gasteiger partial charge in [-0.25, -0.2) is 0 Å². The number of nitriles is 1. The maximum absolute atomic E-state index is 9.17. The zero-order chi connectivity index (χ0) is 34.0. The molecule has 0 radical (unpaired) electrons. The molecule has 5 aromatic carbocycles. The van der Waals surface area contributed by atoms with Gasteiger partial charge < -0.3 is 0 Å². The van der Waals surface area contributed by atoms with Gasteiger partial charge in [0.25, 0.3) is 0 Å². The first-order valence-corrected chi connectivity index (χ1v) is 18.0. The topological polar surface area (TPSA) is 42.3 Å². The molecule has 4 heteroatoms. The molecular weight excluding hydrogens is 609 g/mol. The molecule has 1 heterocycles. The molecule has 0 amide bonds. The number of hydrogen-bond donors (Lipinski definition) is 1. The first-order valence-electron chi connectivity index (χ1n) is 18.0. The first kappa shape index (κ1) is 32.2. The second-order valence-electron chi connectivity index (χ2n) is 14.1. The molecule has 0 aromatic heterocycles. The summed E-state index contributed by atoms with van der Waals surface area (Å²) in [5, 5.41) is 13.2. The van der Waals surface area contributed by atoms with Crippen LogP contribution in [0.15, 0.2) is 151 Å². The molecule has 5 aromatic rings. The molecule has 0 saturated carbocycles. The van der Waals surface area contributed by atoms with Crippen LogP contribution in [0.3, 0.4) is 0 Å².